The van der Waals surface area contributed by atoms with E-state index in [1.54, 1.807) is 7.11 Å². The first-order chi connectivity index (χ1) is 21.3. The molecule has 0 spiro atoms. The van der Waals surface area contributed by atoms with Gasteiger partial charge in [-0.05, 0) is 55.8 Å². The molecule has 3 saturated heterocycles. The number of hydrogen-bond acceptors (Lipinski definition) is 8. The number of rotatable bonds is 6. The van der Waals surface area contributed by atoms with Crippen molar-refractivity contribution in [1.82, 2.24) is 19.9 Å². The predicted molar refractivity (Wildman–Crippen MR) is 161 cm³/mol. The summed E-state index contributed by atoms with van der Waals surface area (Å²) in [5, 5.41) is 11.5. The molecule has 7 rings (SSSR count). The first-order valence-electron chi connectivity index (χ1n) is 14.9. The standard InChI is InChI=1S/C33H32F3N5O3/c1-3-23-26(35)8-7-19-12-21(42)13-24(27(19)23)29-28(36)30-25(15-37-29)31(40-10-4-6-22(17-40)43-2)39-32(38-30)44-18-33-9-5-11-41(33)16-20(34)14-33/h1,7-8,12-13,15,20,22,42H,4-6,9-11,14,16-18H2,2H3/t20-,22-,33+/m1/s1. The van der Waals surface area contributed by atoms with Crippen LogP contribution in [0.5, 0.6) is 11.8 Å². The molecular formula is C33H32F3N5O3. The highest BCUT2D eigenvalue weighted by Gasteiger charge is 2.49. The fraction of sp³-hybridized carbons (Fsp3) is 0.424. The molecule has 3 aliphatic rings. The third kappa shape index (κ3) is 4.77. The lowest BCUT2D eigenvalue weighted by atomic mass is 9.95. The van der Waals surface area contributed by atoms with Gasteiger partial charge in [-0.2, -0.15) is 9.97 Å². The van der Waals surface area contributed by atoms with Gasteiger partial charge in [0, 0.05) is 50.3 Å². The highest BCUT2D eigenvalue weighted by atomic mass is 19.1. The molecule has 0 amide bonds. The van der Waals surface area contributed by atoms with E-state index < -0.39 is 23.3 Å². The van der Waals surface area contributed by atoms with Crippen LogP contribution < -0.4 is 9.64 Å². The Bertz CT molecular complexity index is 1810. The number of hydrogen-bond donors (Lipinski definition) is 1. The van der Waals surface area contributed by atoms with Crippen molar-refractivity contribution in [2.45, 2.75) is 49.9 Å². The summed E-state index contributed by atoms with van der Waals surface area (Å²) in [5.41, 5.74) is -0.565. The van der Waals surface area contributed by atoms with E-state index >= 15 is 4.39 Å². The molecule has 0 saturated carbocycles. The normalized spacial score (nSPS) is 23.8. The maximum absolute atomic E-state index is 16.7. The number of pyridine rings is 1. The summed E-state index contributed by atoms with van der Waals surface area (Å²) >= 11 is 0. The quantitative estimate of drug-likeness (QED) is 0.294. The molecule has 0 unspecified atom stereocenters. The summed E-state index contributed by atoms with van der Waals surface area (Å²) in [6, 6.07) is 5.40. The van der Waals surface area contributed by atoms with Gasteiger partial charge < -0.3 is 19.5 Å². The van der Waals surface area contributed by atoms with Crippen LogP contribution in [-0.4, -0.2) is 82.7 Å². The van der Waals surface area contributed by atoms with Crippen molar-refractivity contribution in [1.29, 1.82) is 0 Å². The Morgan fingerprint density at radius 1 is 1.16 bits per heavy atom. The summed E-state index contributed by atoms with van der Waals surface area (Å²) in [7, 11) is 1.66. The number of piperidine rings is 1. The van der Waals surface area contributed by atoms with Crippen LogP contribution in [0.25, 0.3) is 32.9 Å². The van der Waals surface area contributed by atoms with Gasteiger partial charge in [0.2, 0.25) is 0 Å². The fourth-order valence-corrected chi connectivity index (χ4v) is 7.24. The number of alkyl halides is 1. The molecule has 8 nitrogen and oxygen atoms in total. The van der Waals surface area contributed by atoms with Crippen molar-refractivity contribution in [2.75, 3.05) is 44.8 Å². The van der Waals surface area contributed by atoms with E-state index in [1.165, 1.54) is 30.5 Å². The molecule has 3 fully saturated rings. The van der Waals surface area contributed by atoms with E-state index in [9.17, 15) is 13.9 Å². The maximum atomic E-state index is 16.7. The molecule has 228 valence electrons. The molecule has 3 aliphatic heterocycles. The van der Waals surface area contributed by atoms with E-state index in [2.05, 4.69) is 20.8 Å². The van der Waals surface area contributed by atoms with E-state index in [1.807, 2.05) is 4.90 Å². The minimum absolute atomic E-state index is 0.0252. The molecule has 0 aliphatic carbocycles. The molecule has 44 heavy (non-hydrogen) atoms. The third-order valence-electron chi connectivity index (χ3n) is 9.34. The van der Waals surface area contributed by atoms with Gasteiger partial charge in [0.05, 0.1) is 22.6 Å². The van der Waals surface area contributed by atoms with Gasteiger partial charge in [0.25, 0.3) is 0 Å². The number of fused-ring (bicyclic) bond motifs is 3. The lowest BCUT2D eigenvalue weighted by Crippen LogP contribution is -2.43. The smallest absolute Gasteiger partial charge is 0.319 e. The van der Waals surface area contributed by atoms with E-state index in [0.29, 0.717) is 42.6 Å². The Balaban J connectivity index is 1.38. The van der Waals surface area contributed by atoms with Crippen LogP contribution in [-0.2, 0) is 4.74 Å². The Labute approximate surface area is 252 Å². The van der Waals surface area contributed by atoms with Gasteiger partial charge in [0.15, 0.2) is 5.82 Å². The van der Waals surface area contributed by atoms with Crippen molar-refractivity contribution >= 4 is 27.5 Å². The first-order valence-corrected chi connectivity index (χ1v) is 14.9. The molecule has 1 N–H and O–H groups in total. The van der Waals surface area contributed by atoms with Crippen molar-refractivity contribution in [3.05, 3.63) is 47.7 Å². The number of terminal acetylenes is 1. The average Bonchev–Trinajstić information content (AvgIpc) is 3.55. The molecular weight excluding hydrogens is 571 g/mol. The second kappa shape index (κ2) is 11.1. The number of benzene rings is 2. The zero-order valence-corrected chi connectivity index (χ0v) is 24.3. The highest BCUT2D eigenvalue weighted by Crippen LogP contribution is 2.42. The molecule has 0 radical (unpaired) electrons. The zero-order valence-electron chi connectivity index (χ0n) is 24.3. The summed E-state index contributed by atoms with van der Waals surface area (Å²) in [4.78, 5) is 17.8. The summed E-state index contributed by atoms with van der Waals surface area (Å²) in [6.45, 7) is 2.57. The van der Waals surface area contributed by atoms with Crippen LogP contribution in [0.4, 0.5) is 19.0 Å². The molecule has 5 heterocycles. The first kappa shape index (κ1) is 28.6. The van der Waals surface area contributed by atoms with Crippen LogP contribution in [0, 0.1) is 24.0 Å². The summed E-state index contributed by atoms with van der Waals surface area (Å²) < 4.78 is 57.7. The van der Waals surface area contributed by atoms with Gasteiger partial charge >= 0.3 is 6.01 Å². The van der Waals surface area contributed by atoms with E-state index in [4.69, 9.17) is 20.9 Å². The van der Waals surface area contributed by atoms with Gasteiger partial charge in [-0.25, -0.2) is 13.2 Å². The number of nitrogens with zero attached hydrogens (tertiary/aromatic N) is 5. The van der Waals surface area contributed by atoms with Crippen molar-refractivity contribution in [2.24, 2.45) is 0 Å². The molecule has 2 aromatic heterocycles. The second-order valence-corrected chi connectivity index (χ2v) is 12.0. The third-order valence-corrected chi connectivity index (χ3v) is 9.34. The van der Waals surface area contributed by atoms with Gasteiger partial charge in [-0.1, -0.05) is 12.0 Å². The molecule has 3 atom stereocenters. The van der Waals surface area contributed by atoms with Gasteiger partial charge in [0.1, 0.15) is 41.4 Å². The summed E-state index contributed by atoms with van der Waals surface area (Å²) in [6.07, 6.45) is 10.0. The predicted octanol–water partition coefficient (Wildman–Crippen LogP) is 5.38. The van der Waals surface area contributed by atoms with Crippen LogP contribution in [0.3, 0.4) is 0 Å². The lowest BCUT2D eigenvalue weighted by molar-refractivity contribution is 0.0890. The number of phenols is 1. The Kier molecular flexibility index (Phi) is 7.22. The Morgan fingerprint density at radius 2 is 2.02 bits per heavy atom. The van der Waals surface area contributed by atoms with Crippen molar-refractivity contribution in [3.8, 4) is 35.4 Å². The minimum atomic E-state index is -0.924. The number of halogens is 3. The highest BCUT2D eigenvalue weighted by molar-refractivity contribution is 6.03. The van der Waals surface area contributed by atoms with Crippen molar-refractivity contribution in [3.63, 3.8) is 0 Å². The maximum Gasteiger partial charge on any atom is 0.319 e. The monoisotopic (exact) mass is 603 g/mol. The number of anilines is 1. The minimum Gasteiger partial charge on any atom is -0.508 e. The average molecular weight is 604 g/mol. The van der Waals surface area contributed by atoms with Crippen LogP contribution in [0.1, 0.15) is 37.7 Å². The molecule has 4 aromatic rings. The van der Waals surface area contributed by atoms with Crippen LogP contribution in [0.15, 0.2) is 30.5 Å². The van der Waals surface area contributed by atoms with E-state index in [0.717, 1.165) is 32.2 Å². The number of ether oxygens (including phenoxy) is 2. The van der Waals surface area contributed by atoms with E-state index in [-0.39, 0.29) is 52.2 Å². The number of aromatic nitrogens is 3. The Hall–Kier alpha value is -4.14. The zero-order chi connectivity index (χ0) is 30.6. The summed E-state index contributed by atoms with van der Waals surface area (Å²) in [5.74, 6) is 1.22. The molecule has 11 heteroatoms. The number of methoxy groups -OCH3 is 1. The molecule has 0 bridgehead atoms. The number of aromatic hydroxyl groups is 1. The lowest BCUT2D eigenvalue weighted by Gasteiger charge is -2.34. The second-order valence-electron chi connectivity index (χ2n) is 12.0. The van der Waals surface area contributed by atoms with Crippen molar-refractivity contribution < 1.29 is 27.8 Å². The van der Waals surface area contributed by atoms with Gasteiger partial charge in [-0.3, -0.25) is 9.88 Å². The largest absolute Gasteiger partial charge is 0.508 e. The topological polar surface area (TPSA) is 83.8 Å². The fourth-order valence-electron chi connectivity index (χ4n) is 7.24. The Morgan fingerprint density at radius 3 is 2.84 bits per heavy atom. The van der Waals surface area contributed by atoms with Crippen LogP contribution in [0.2, 0.25) is 0 Å². The van der Waals surface area contributed by atoms with Crippen LogP contribution >= 0.6 is 0 Å². The SMILES string of the molecule is C#Cc1c(F)ccc2cc(O)cc(-c3ncc4c(N5CCC[C@@H](OC)C5)nc(OC[C@@]56CCCN5C[C@H](F)C6)nc4c3F)c12. The number of phenolic OH excluding ortho intramolecular Hbond substituents is 1. The molecule has 2 aromatic carbocycles. The van der Waals surface area contributed by atoms with Gasteiger partial charge in [-0.15, -0.1) is 6.42 Å².